The van der Waals surface area contributed by atoms with E-state index in [-0.39, 0.29) is 0 Å². The minimum Gasteiger partial charge on any atom is -0.208 e. The van der Waals surface area contributed by atoms with Gasteiger partial charge in [-0.2, -0.15) is 0 Å². The zero-order chi connectivity index (χ0) is 32.3. The van der Waals surface area contributed by atoms with Crippen molar-refractivity contribution in [3.8, 4) is 45.3 Å². The fraction of sp³-hybridized carbons (Fsp3) is 0. The Morgan fingerprint density at radius 1 is 0.306 bits per heavy atom. The average Bonchev–Trinajstić information content (AvgIpc) is 3.57. The second-order valence-corrected chi connectivity index (χ2v) is 13.4. The number of benzene rings is 8. The molecular formula is C45H27N3S. The first-order valence-electron chi connectivity index (χ1n) is 16.4. The molecular weight excluding hydrogens is 615 g/mol. The molecule has 2 aromatic heterocycles. The summed E-state index contributed by atoms with van der Waals surface area (Å²) >= 11 is 1.89. The summed E-state index contributed by atoms with van der Waals surface area (Å²) in [6.07, 6.45) is 0. The van der Waals surface area contributed by atoms with Crippen molar-refractivity contribution >= 4 is 63.8 Å². The molecule has 0 unspecified atom stereocenters. The van der Waals surface area contributed by atoms with Gasteiger partial charge in [0.05, 0.1) is 0 Å². The molecule has 0 aliphatic heterocycles. The van der Waals surface area contributed by atoms with E-state index >= 15 is 0 Å². The molecule has 2 heterocycles. The van der Waals surface area contributed by atoms with E-state index in [9.17, 15) is 0 Å². The molecule has 0 saturated heterocycles. The van der Waals surface area contributed by atoms with E-state index in [0.29, 0.717) is 17.5 Å². The summed E-state index contributed by atoms with van der Waals surface area (Å²) in [6.45, 7) is 0. The molecule has 4 heteroatoms. The first-order valence-corrected chi connectivity index (χ1v) is 17.3. The normalized spacial score (nSPS) is 11.7. The van der Waals surface area contributed by atoms with Gasteiger partial charge < -0.3 is 0 Å². The van der Waals surface area contributed by atoms with Crippen LogP contribution >= 0.6 is 11.3 Å². The van der Waals surface area contributed by atoms with Gasteiger partial charge >= 0.3 is 0 Å². The van der Waals surface area contributed by atoms with E-state index in [4.69, 9.17) is 15.0 Å². The molecule has 0 aliphatic rings. The minimum absolute atomic E-state index is 0.652. The van der Waals surface area contributed by atoms with Crippen LogP contribution in [0, 0.1) is 0 Å². The number of hydrogen-bond acceptors (Lipinski definition) is 4. The monoisotopic (exact) mass is 641 g/mol. The van der Waals surface area contributed by atoms with Gasteiger partial charge in [-0.1, -0.05) is 146 Å². The van der Waals surface area contributed by atoms with Crippen molar-refractivity contribution in [1.82, 2.24) is 15.0 Å². The summed E-state index contributed by atoms with van der Waals surface area (Å²) in [7, 11) is 0. The highest BCUT2D eigenvalue weighted by atomic mass is 32.1. The van der Waals surface area contributed by atoms with Crippen LogP contribution in [0.15, 0.2) is 164 Å². The topological polar surface area (TPSA) is 38.7 Å². The van der Waals surface area contributed by atoms with Crippen LogP contribution in [0.5, 0.6) is 0 Å². The third kappa shape index (κ3) is 4.61. The molecule has 10 aromatic rings. The Kier molecular flexibility index (Phi) is 6.36. The van der Waals surface area contributed by atoms with Crippen LogP contribution < -0.4 is 0 Å². The lowest BCUT2D eigenvalue weighted by Crippen LogP contribution is -2.00. The second-order valence-electron chi connectivity index (χ2n) is 12.4. The SMILES string of the molecule is c1ccc(-c2nc(-c3ccccc3)nc(-c3cccc(-c4ccc5c(c4)c4ccccc4c4ccc6c7ccccc7sc6c45)c3)n2)cc1. The lowest BCUT2D eigenvalue weighted by Gasteiger charge is -2.13. The standard InChI is InChI=1S/C45H27N3S/c1-3-12-28(13-4-1)43-46-44(29-14-5-2-6-15-29)48-45(47-43)32-17-11-16-30(26-32)31-22-23-37-39(27-31)34-19-8-7-18-33(34)36-24-25-38-35-20-9-10-21-40(35)49-42(38)41(36)37/h1-27H. The molecule has 49 heavy (non-hydrogen) atoms. The van der Waals surface area contributed by atoms with Crippen LogP contribution in [0.4, 0.5) is 0 Å². The Morgan fingerprint density at radius 2 is 0.796 bits per heavy atom. The second kappa shape index (κ2) is 11.2. The Hall–Kier alpha value is -6.23. The van der Waals surface area contributed by atoms with Gasteiger partial charge in [-0.15, -0.1) is 11.3 Å². The number of thiophene rings is 1. The predicted molar refractivity (Wildman–Crippen MR) is 207 cm³/mol. The number of hydrogen-bond donors (Lipinski definition) is 0. The maximum absolute atomic E-state index is 4.99. The van der Waals surface area contributed by atoms with Gasteiger partial charge in [-0.05, 0) is 56.3 Å². The minimum atomic E-state index is 0.652. The molecule has 0 spiro atoms. The van der Waals surface area contributed by atoms with Crippen molar-refractivity contribution in [3.05, 3.63) is 164 Å². The predicted octanol–water partition coefficient (Wildman–Crippen LogP) is 12.4. The Labute approximate surface area is 286 Å². The van der Waals surface area contributed by atoms with Gasteiger partial charge in [0.25, 0.3) is 0 Å². The number of aromatic nitrogens is 3. The lowest BCUT2D eigenvalue weighted by molar-refractivity contribution is 1.07. The highest BCUT2D eigenvalue weighted by Crippen LogP contribution is 2.45. The zero-order valence-electron chi connectivity index (χ0n) is 26.3. The summed E-state index contributed by atoms with van der Waals surface area (Å²) in [5, 5.41) is 10.4. The average molecular weight is 642 g/mol. The Bertz CT molecular complexity index is 2820. The largest absolute Gasteiger partial charge is 0.208 e. The fourth-order valence-electron chi connectivity index (χ4n) is 7.17. The van der Waals surface area contributed by atoms with E-state index in [1.807, 2.05) is 72.0 Å². The summed E-state index contributed by atoms with van der Waals surface area (Å²) < 4.78 is 2.67. The lowest BCUT2D eigenvalue weighted by atomic mass is 9.91. The van der Waals surface area contributed by atoms with Gasteiger partial charge in [0.15, 0.2) is 17.5 Å². The van der Waals surface area contributed by atoms with E-state index in [0.717, 1.165) is 27.8 Å². The smallest absolute Gasteiger partial charge is 0.164 e. The first-order chi connectivity index (χ1) is 24.3. The molecule has 0 bridgehead atoms. The van der Waals surface area contributed by atoms with Crippen molar-refractivity contribution < 1.29 is 0 Å². The van der Waals surface area contributed by atoms with Crippen molar-refractivity contribution in [1.29, 1.82) is 0 Å². The highest BCUT2D eigenvalue weighted by Gasteiger charge is 2.16. The molecule has 3 nitrogen and oxygen atoms in total. The quantitative estimate of drug-likeness (QED) is 0.180. The van der Waals surface area contributed by atoms with E-state index in [1.54, 1.807) is 0 Å². The van der Waals surface area contributed by atoms with Gasteiger partial charge in [-0.25, -0.2) is 15.0 Å². The maximum atomic E-state index is 4.99. The molecule has 0 amide bonds. The molecule has 0 aliphatic carbocycles. The molecule has 0 radical (unpaired) electrons. The summed E-state index contributed by atoms with van der Waals surface area (Å²) in [5.74, 6) is 1.97. The third-order valence-electron chi connectivity index (χ3n) is 9.50. The summed E-state index contributed by atoms with van der Waals surface area (Å²) in [4.78, 5) is 14.9. The highest BCUT2D eigenvalue weighted by molar-refractivity contribution is 7.26. The van der Waals surface area contributed by atoms with Crippen molar-refractivity contribution in [2.45, 2.75) is 0 Å². The van der Waals surface area contributed by atoms with Crippen molar-refractivity contribution in [3.63, 3.8) is 0 Å². The van der Waals surface area contributed by atoms with Crippen LogP contribution in [0.25, 0.3) is 97.8 Å². The number of nitrogens with zero attached hydrogens (tertiary/aromatic N) is 3. The number of rotatable bonds is 4. The molecule has 10 rings (SSSR count). The molecule has 228 valence electrons. The van der Waals surface area contributed by atoms with Crippen LogP contribution in [0.2, 0.25) is 0 Å². The fourth-order valence-corrected chi connectivity index (χ4v) is 8.44. The first kappa shape index (κ1) is 27.8. The third-order valence-corrected chi connectivity index (χ3v) is 10.7. The van der Waals surface area contributed by atoms with Gasteiger partial charge in [0, 0.05) is 42.2 Å². The Balaban J connectivity index is 1.17. The van der Waals surface area contributed by atoms with Crippen LogP contribution in [0.3, 0.4) is 0 Å². The van der Waals surface area contributed by atoms with Crippen LogP contribution in [0.1, 0.15) is 0 Å². The Morgan fingerprint density at radius 3 is 1.51 bits per heavy atom. The van der Waals surface area contributed by atoms with Gasteiger partial charge in [-0.3, -0.25) is 0 Å². The summed E-state index contributed by atoms with van der Waals surface area (Å²) in [6, 6.07) is 57.9. The van der Waals surface area contributed by atoms with Crippen molar-refractivity contribution in [2.24, 2.45) is 0 Å². The zero-order valence-corrected chi connectivity index (χ0v) is 27.2. The number of fused-ring (bicyclic) bond motifs is 10. The molecule has 0 fully saturated rings. The molecule has 0 atom stereocenters. The van der Waals surface area contributed by atoms with Crippen LogP contribution in [-0.4, -0.2) is 15.0 Å². The van der Waals surface area contributed by atoms with Crippen molar-refractivity contribution in [2.75, 3.05) is 0 Å². The van der Waals surface area contributed by atoms with Gasteiger partial charge in [0.1, 0.15) is 0 Å². The molecule has 0 N–H and O–H groups in total. The van der Waals surface area contributed by atoms with E-state index in [2.05, 4.69) is 103 Å². The molecule has 0 saturated carbocycles. The molecule has 8 aromatic carbocycles. The van der Waals surface area contributed by atoms with E-state index in [1.165, 1.54) is 52.5 Å². The van der Waals surface area contributed by atoms with E-state index < -0.39 is 0 Å². The summed E-state index contributed by atoms with van der Waals surface area (Å²) in [5.41, 5.74) is 5.14. The van der Waals surface area contributed by atoms with Gasteiger partial charge in [0.2, 0.25) is 0 Å². The van der Waals surface area contributed by atoms with Crippen LogP contribution in [-0.2, 0) is 0 Å². The maximum Gasteiger partial charge on any atom is 0.164 e.